The van der Waals surface area contributed by atoms with Crippen molar-refractivity contribution in [2.24, 2.45) is 24.9 Å². The van der Waals surface area contributed by atoms with Gasteiger partial charge in [-0.05, 0) is 74.8 Å². The third kappa shape index (κ3) is 7.32. The van der Waals surface area contributed by atoms with Crippen molar-refractivity contribution in [1.29, 1.82) is 0 Å². The minimum Gasteiger partial charge on any atom is -0.469 e. The Kier molecular flexibility index (Phi) is 10.8. The zero-order valence-electron chi connectivity index (χ0n) is 34.2. The number of hydrogen-bond donors (Lipinski definition) is 2. The summed E-state index contributed by atoms with van der Waals surface area (Å²) in [6.07, 6.45) is 9.89. The molecule has 59 heavy (non-hydrogen) atoms. The topological polar surface area (TPSA) is 135 Å². The number of aromatic nitrogens is 4. The normalized spacial score (nSPS) is 25.5. The summed E-state index contributed by atoms with van der Waals surface area (Å²) in [4.78, 5) is 54.9. The smallest absolute Gasteiger partial charge is 0.311 e. The summed E-state index contributed by atoms with van der Waals surface area (Å²) >= 11 is 14.1. The van der Waals surface area contributed by atoms with Crippen molar-refractivity contribution in [2.75, 3.05) is 32.1 Å². The van der Waals surface area contributed by atoms with Crippen LogP contribution in [0.4, 0.5) is 5.69 Å². The molecule has 9 rings (SSSR count). The zero-order valence-corrected chi connectivity index (χ0v) is 35.7. The van der Waals surface area contributed by atoms with E-state index in [2.05, 4.69) is 15.1 Å². The average molecular weight is 843 g/mol. The highest BCUT2D eigenvalue weighted by molar-refractivity contribution is 6.39. The number of anilines is 1. The number of fused-ring (bicyclic) bond motifs is 4. The number of nitrogens with one attached hydrogen (secondary N) is 1. The molecule has 0 unspecified atom stereocenters. The Hall–Kier alpha value is -4.07. The molecule has 2 N–H and O–H groups in total. The van der Waals surface area contributed by atoms with Gasteiger partial charge in [0.2, 0.25) is 5.78 Å². The van der Waals surface area contributed by atoms with E-state index in [0.717, 1.165) is 113 Å². The number of amides is 1. The van der Waals surface area contributed by atoms with E-state index in [-0.39, 0.29) is 41.0 Å². The highest BCUT2D eigenvalue weighted by Crippen LogP contribution is 2.62. The molecule has 5 aliphatic rings. The van der Waals surface area contributed by atoms with Gasteiger partial charge in [0, 0.05) is 94.6 Å². The molecule has 14 heteroatoms. The number of ether oxygens (including phenoxy) is 1. The maximum Gasteiger partial charge on any atom is 0.311 e. The Morgan fingerprint density at radius 1 is 0.847 bits per heavy atom. The lowest BCUT2D eigenvalue weighted by Gasteiger charge is -2.37. The predicted octanol–water partition coefficient (Wildman–Crippen LogP) is 6.95. The fraction of sp³-hybridized carbons (Fsp3) is 0.533. The summed E-state index contributed by atoms with van der Waals surface area (Å²) in [6.45, 7) is 4.07. The summed E-state index contributed by atoms with van der Waals surface area (Å²) in [5.41, 5.74) is 6.21. The van der Waals surface area contributed by atoms with E-state index in [1.807, 2.05) is 53.6 Å². The molecule has 3 fully saturated rings. The monoisotopic (exact) mass is 841 g/mol. The summed E-state index contributed by atoms with van der Waals surface area (Å²) in [5, 5.41) is 13.7. The van der Waals surface area contributed by atoms with Crippen molar-refractivity contribution in [3.8, 4) is 11.1 Å². The number of rotatable bonds is 10. The molecule has 0 radical (unpaired) electrons. The van der Waals surface area contributed by atoms with Crippen molar-refractivity contribution in [3.05, 3.63) is 86.4 Å². The fourth-order valence-corrected chi connectivity index (χ4v) is 11.7. The molecule has 0 spiro atoms. The lowest BCUT2D eigenvalue weighted by molar-refractivity contribution is -0.152. The van der Waals surface area contributed by atoms with Crippen LogP contribution in [0, 0.1) is 10.8 Å². The van der Waals surface area contributed by atoms with Crippen LogP contribution in [0.3, 0.4) is 0 Å². The number of methoxy groups -OCH3 is 1. The Morgan fingerprint density at radius 3 is 2.22 bits per heavy atom. The van der Waals surface area contributed by atoms with Crippen LogP contribution in [0.25, 0.3) is 11.1 Å². The van der Waals surface area contributed by atoms with Gasteiger partial charge in [0.1, 0.15) is 0 Å². The van der Waals surface area contributed by atoms with Gasteiger partial charge in [0.15, 0.2) is 11.6 Å². The van der Waals surface area contributed by atoms with Crippen molar-refractivity contribution in [3.63, 3.8) is 0 Å². The van der Waals surface area contributed by atoms with Crippen LogP contribution in [0.5, 0.6) is 0 Å². The van der Waals surface area contributed by atoms with Crippen molar-refractivity contribution < 1.29 is 24.2 Å². The Morgan fingerprint density at radius 2 is 1.49 bits per heavy atom. The molecular weight excluding hydrogens is 789 g/mol. The van der Waals surface area contributed by atoms with Crippen molar-refractivity contribution in [2.45, 2.75) is 102 Å². The van der Waals surface area contributed by atoms with E-state index in [1.54, 1.807) is 6.07 Å². The van der Waals surface area contributed by atoms with Gasteiger partial charge in [0.05, 0.1) is 45.7 Å². The quantitative estimate of drug-likeness (QED) is 0.129. The predicted molar refractivity (Wildman–Crippen MR) is 226 cm³/mol. The van der Waals surface area contributed by atoms with E-state index < -0.39 is 0 Å². The SMILES string of the molecule is COC(=O)C12CCC(CN3CCc4c(nc(C(=O)Nc5cccc(-c6cccc(CC(=O)c7nc8c(n7C)CCN(C7CCC(O)CC7)C8)c6Cl)c5Cl)n4C)C3)(CC1)C2. The molecule has 0 atom stereocenters. The van der Waals surface area contributed by atoms with Gasteiger partial charge in [-0.3, -0.25) is 24.2 Å². The summed E-state index contributed by atoms with van der Waals surface area (Å²) in [7, 11) is 5.30. The maximum absolute atomic E-state index is 13.8. The molecule has 2 aromatic carbocycles. The van der Waals surface area contributed by atoms with E-state index in [0.29, 0.717) is 63.2 Å². The molecule has 1 amide bonds. The second-order valence-corrected chi connectivity index (χ2v) is 18.6. The number of hydrogen-bond acceptors (Lipinski definition) is 9. The maximum atomic E-state index is 13.8. The van der Waals surface area contributed by atoms with Crippen molar-refractivity contribution >= 4 is 46.5 Å². The fourth-order valence-electron chi connectivity index (χ4n) is 11.2. The molecule has 312 valence electrons. The molecule has 4 aromatic rings. The number of aliphatic hydroxyl groups excluding tert-OH is 1. The first-order valence-corrected chi connectivity index (χ1v) is 21.9. The first-order valence-electron chi connectivity index (χ1n) is 21.1. The van der Waals surface area contributed by atoms with Gasteiger partial charge >= 0.3 is 5.97 Å². The van der Waals surface area contributed by atoms with Crippen molar-refractivity contribution in [1.82, 2.24) is 28.9 Å². The number of halogens is 2. The van der Waals surface area contributed by atoms with Gasteiger partial charge in [-0.1, -0.05) is 53.5 Å². The van der Waals surface area contributed by atoms with Crippen LogP contribution in [0.2, 0.25) is 10.0 Å². The number of nitrogens with zero attached hydrogens (tertiary/aromatic N) is 6. The standard InChI is InChI=1S/C45H53Cl2N7O5/c1-51-36-15-21-54(28-10-12-29(55)13-11-28)24-34(36)48-40(51)37(56)22-27-6-4-7-30(38(27)46)31-8-5-9-32(39(31)47)50-42(57)41-49-33-23-53(20-14-35(33)52(41)2)26-44-16-18-45(25-44,19-17-44)43(58)59-3/h4-9,28-29,55H,10-26H2,1-3H3,(H,50,57). The van der Waals surface area contributed by atoms with Gasteiger partial charge < -0.3 is 24.3 Å². The second kappa shape index (κ2) is 15.8. The van der Waals surface area contributed by atoms with E-state index in [1.165, 1.54) is 7.11 Å². The Bertz CT molecular complexity index is 2320. The molecular formula is C45H53Cl2N7O5. The number of aliphatic hydroxyl groups is 1. The number of esters is 1. The number of benzene rings is 2. The van der Waals surface area contributed by atoms with Crippen LogP contribution in [0.1, 0.15) is 107 Å². The molecule has 2 aliphatic heterocycles. The second-order valence-electron chi connectivity index (χ2n) is 17.9. The summed E-state index contributed by atoms with van der Waals surface area (Å²) < 4.78 is 9.01. The highest BCUT2D eigenvalue weighted by atomic mass is 35.5. The highest BCUT2D eigenvalue weighted by Gasteiger charge is 2.59. The van der Waals surface area contributed by atoms with E-state index in [9.17, 15) is 19.5 Å². The van der Waals surface area contributed by atoms with E-state index in [4.69, 9.17) is 37.9 Å². The van der Waals surface area contributed by atoms with Gasteiger partial charge in [0.25, 0.3) is 5.91 Å². The minimum atomic E-state index is -0.357. The Balaban J connectivity index is 0.871. The number of Topliss-reactive ketones (excluding diaryl/α,β-unsaturated/α-hetero) is 1. The minimum absolute atomic E-state index is 0.0584. The molecule has 4 heterocycles. The largest absolute Gasteiger partial charge is 0.469 e. The van der Waals surface area contributed by atoms with Gasteiger partial charge in [-0.2, -0.15) is 0 Å². The summed E-state index contributed by atoms with van der Waals surface area (Å²) in [6, 6.07) is 11.5. The van der Waals surface area contributed by atoms with Crippen LogP contribution >= 0.6 is 23.2 Å². The zero-order chi connectivity index (χ0) is 41.2. The first kappa shape index (κ1) is 40.3. The first-order chi connectivity index (χ1) is 28.4. The molecule has 0 saturated heterocycles. The average Bonchev–Trinajstić information content (AvgIpc) is 3.99. The number of imidazole rings is 2. The van der Waals surface area contributed by atoms with Crippen LogP contribution in [0.15, 0.2) is 36.4 Å². The van der Waals surface area contributed by atoms with Gasteiger partial charge in [-0.15, -0.1) is 0 Å². The third-order valence-corrected chi connectivity index (χ3v) is 15.2. The third-order valence-electron chi connectivity index (χ3n) is 14.4. The molecule has 3 aliphatic carbocycles. The summed E-state index contributed by atoms with van der Waals surface area (Å²) in [5.74, 6) is 0.219. The molecule has 3 saturated carbocycles. The van der Waals surface area contributed by atoms with Crippen LogP contribution in [-0.4, -0.2) is 90.6 Å². The number of carbonyl (C=O) groups is 3. The number of ketones is 1. The van der Waals surface area contributed by atoms with E-state index >= 15 is 0 Å². The Labute approximate surface area is 355 Å². The number of carbonyl (C=O) groups excluding carboxylic acids is 3. The lowest BCUT2D eigenvalue weighted by atomic mass is 9.81. The molecule has 12 nitrogen and oxygen atoms in total. The van der Waals surface area contributed by atoms with Crippen LogP contribution in [-0.2, 0) is 56.0 Å². The molecule has 2 bridgehead atoms. The lowest BCUT2D eigenvalue weighted by Crippen LogP contribution is -2.42. The van der Waals surface area contributed by atoms with Crippen LogP contribution < -0.4 is 5.32 Å². The van der Waals surface area contributed by atoms with Gasteiger partial charge in [-0.25, -0.2) is 9.97 Å². The molecule has 2 aromatic heterocycles.